The van der Waals surface area contributed by atoms with Crippen LogP contribution in [0.2, 0.25) is 0 Å². The highest BCUT2D eigenvalue weighted by atomic mass is 16.5. The normalized spacial score (nSPS) is 15.0. The van der Waals surface area contributed by atoms with Crippen LogP contribution in [0.4, 0.5) is 11.4 Å². The van der Waals surface area contributed by atoms with Crippen LogP contribution in [0.5, 0.6) is 40.2 Å². The Kier molecular flexibility index (Phi) is 12.8. The number of nitrogens with zero attached hydrogens (tertiary/aromatic N) is 2. The molecule has 0 fully saturated rings. The van der Waals surface area contributed by atoms with Gasteiger partial charge in [-0.15, -0.1) is 0 Å². The number of para-hydroxylation sites is 5. The van der Waals surface area contributed by atoms with Crippen molar-refractivity contribution in [3.8, 4) is 40.2 Å². The summed E-state index contributed by atoms with van der Waals surface area (Å²) in [4.78, 5) is 67.1. The lowest BCUT2D eigenvalue weighted by molar-refractivity contribution is 0.0876. The Hall–Kier alpha value is -9.54. The molecule has 0 radical (unpaired) electrons. The number of rotatable bonds is 14. The van der Waals surface area contributed by atoms with Crippen molar-refractivity contribution in [3.05, 3.63) is 220 Å². The number of carbonyl (C=O) groups is 4. The SMILES string of the molecule is CC(C)c1cccc(C(C)C)c1N1C(=O)c2cc(Oc3ccccc3)c3c4c(Oc5ccccc5)cc5c6c(cc(OC7C=CC=CC7)c(c7c(Oc8ccccc8)cc(c2c37)C1=O)c64)C(=O)N(c1c(C(C)C)cccc1C(C)C)C5=O. The van der Waals surface area contributed by atoms with Crippen LogP contribution in [-0.4, -0.2) is 29.7 Å². The second kappa shape index (κ2) is 20.2. The van der Waals surface area contributed by atoms with Gasteiger partial charge in [0.05, 0.1) is 33.6 Å². The lowest BCUT2D eigenvalue weighted by Crippen LogP contribution is -2.42. The van der Waals surface area contributed by atoms with Crippen molar-refractivity contribution >= 4 is 78.1 Å². The fraction of sp³-hybridized carbons (Fsp3) is 0.194. The molecule has 10 aromatic rings. The standard InChI is InChI=1S/C72H60N2O8/c1-39(2)47-31-21-32-48(40(3)4)67(47)73-69(75)51-35-55(79-43-23-13-9-14-24-43)61-63-57(81-45-27-17-11-18-28-45)37-53-60-54(72(78)74(71(53)77)68-49(41(5)6)33-22-34-50(68)42(7)8)38-58(82-46-29-19-12-20-30-46)64(66(60)63)62-56(80-44-25-15-10-16-26-44)36-52(70(73)76)59(51)65(61)62/h9-29,31-42,46H,30H2,1-8H3. The van der Waals surface area contributed by atoms with Crippen molar-refractivity contribution in [3.63, 3.8) is 0 Å². The summed E-state index contributed by atoms with van der Waals surface area (Å²) in [7, 11) is 0. The summed E-state index contributed by atoms with van der Waals surface area (Å²) in [6.07, 6.45) is 7.93. The zero-order chi connectivity index (χ0) is 56.8. The van der Waals surface area contributed by atoms with Gasteiger partial charge >= 0.3 is 0 Å². The maximum absolute atomic E-state index is 16.1. The average Bonchev–Trinajstić information content (AvgIpc) is 1.49. The molecule has 2 heterocycles. The second-order valence-electron chi connectivity index (χ2n) is 22.7. The van der Waals surface area contributed by atoms with Crippen molar-refractivity contribution < 1.29 is 38.1 Å². The number of fused-ring (bicyclic) bond motifs is 2. The van der Waals surface area contributed by atoms with Gasteiger partial charge in [0.25, 0.3) is 23.6 Å². The number of hydrogen-bond acceptors (Lipinski definition) is 8. The van der Waals surface area contributed by atoms with Crippen LogP contribution in [0, 0.1) is 0 Å². The molecule has 0 spiro atoms. The molecule has 406 valence electrons. The fourth-order valence-corrected chi connectivity index (χ4v) is 12.4. The molecular formula is C72H60N2O8. The number of benzene rings is 10. The lowest BCUT2D eigenvalue weighted by atomic mass is 9.80. The first kappa shape index (κ1) is 51.9. The minimum Gasteiger partial charge on any atom is -0.485 e. The van der Waals surface area contributed by atoms with E-state index in [1.165, 1.54) is 9.80 Å². The summed E-state index contributed by atoms with van der Waals surface area (Å²) in [6.45, 7) is 16.5. The van der Waals surface area contributed by atoms with E-state index in [4.69, 9.17) is 18.9 Å². The van der Waals surface area contributed by atoms with Crippen LogP contribution < -0.4 is 28.7 Å². The monoisotopic (exact) mass is 1080 g/mol. The Morgan fingerprint density at radius 2 is 0.683 bits per heavy atom. The molecule has 4 amide bonds. The van der Waals surface area contributed by atoms with Crippen molar-refractivity contribution in [2.75, 3.05) is 9.80 Å². The van der Waals surface area contributed by atoms with E-state index in [9.17, 15) is 0 Å². The average molecular weight is 1080 g/mol. The summed E-state index contributed by atoms with van der Waals surface area (Å²) in [5.74, 6) is 0.243. The van der Waals surface area contributed by atoms with Gasteiger partial charge in [0.2, 0.25) is 0 Å². The van der Waals surface area contributed by atoms with Gasteiger partial charge in [0.15, 0.2) is 0 Å². The van der Waals surface area contributed by atoms with Crippen molar-refractivity contribution in [2.24, 2.45) is 0 Å². The number of allylic oxidation sites excluding steroid dienone is 2. The molecular weight excluding hydrogens is 1020 g/mol. The molecule has 0 bridgehead atoms. The molecule has 2 aliphatic heterocycles. The smallest absolute Gasteiger partial charge is 0.266 e. The van der Waals surface area contributed by atoms with Gasteiger partial charge in [0.1, 0.15) is 46.4 Å². The Bertz CT molecular complexity index is 4270. The predicted molar refractivity (Wildman–Crippen MR) is 326 cm³/mol. The number of anilines is 2. The Morgan fingerprint density at radius 3 is 0.988 bits per heavy atom. The van der Waals surface area contributed by atoms with Crippen molar-refractivity contribution in [2.45, 2.75) is 91.6 Å². The highest BCUT2D eigenvalue weighted by Gasteiger charge is 2.44. The fourth-order valence-electron chi connectivity index (χ4n) is 12.4. The van der Waals surface area contributed by atoms with Gasteiger partial charge in [-0.3, -0.25) is 19.2 Å². The molecule has 0 saturated carbocycles. The van der Waals surface area contributed by atoms with E-state index in [0.29, 0.717) is 83.9 Å². The van der Waals surface area contributed by atoms with E-state index >= 15 is 19.2 Å². The molecule has 10 heteroatoms. The Labute approximate surface area is 476 Å². The minimum atomic E-state index is -0.522. The minimum absolute atomic E-state index is 0.0502. The second-order valence-corrected chi connectivity index (χ2v) is 22.7. The van der Waals surface area contributed by atoms with Crippen LogP contribution in [0.3, 0.4) is 0 Å². The molecule has 3 aliphatic rings. The van der Waals surface area contributed by atoms with Crippen LogP contribution in [0.25, 0.3) is 43.1 Å². The molecule has 1 unspecified atom stereocenters. The first-order valence-corrected chi connectivity index (χ1v) is 28.3. The van der Waals surface area contributed by atoms with Crippen molar-refractivity contribution in [1.29, 1.82) is 0 Å². The third-order valence-corrected chi connectivity index (χ3v) is 16.2. The molecule has 0 saturated heterocycles. The van der Waals surface area contributed by atoms with Crippen molar-refractivity contribution in [1.82, 2.24) is 0 Å². The first-order chi connectivity index (χ1) is 39.7. The molecule has 82 heavy (non-hydrogen) atoms. The van der Waals surface area contributed by atoms with E-state index < -0.39 is 29.7 Å². The molecule has 0 N–H and O–H groups in total. The predicted octanol–water partition coefficient (Wildman–Crippen LogP) is 18.5. The molecule has 1 atom stereocenters. The molecule has 1 aliphatic carbocycles. The van der Waals surface area contributed by atoms with Gasteiger partial charge in [-0.2, -0.15) is 0 Å². The van der Waals surface area contributed by atoms with Gasteiger partial charge in [0, 0.05) is 49.5 Å². The van der Waals surface area contributed by atoms with Gasteiger partial charge in [-0.1, -0.05) is 165 Å². The van der Waals surface area contributed by atoms with Crippen LogP contribution in [-0.2, 0) is 0 Å². The van der Waals surface area contributed by atoms with E-state index in [-0.39, 0.29) is 63.2 Å². The third-order valence-electron chi connectivity index (χ3n) is 16.2. The van der Waals surface area contributed by atoms with E-state index in [2.05, 4.69) is 55.4 Å². The molecule has 10 nitrogen and oxygen atoms in total. The summed E-state index contributed by atoms with van der Waals surface area (Å²) in [6, 6.07) is 46.9. The van der Waals surface area contributed by atoms with Gasteiger partial charge in [-0.25, -0.2) is 9.80 Å². The quantitative estimate of drug-likeness (QED) is 0.0601. The highest BCUT2D eigenvalue weighted by molar-refractivity contribution is 6.48. The van der Waals surface area contributed by atoms with E-state index in [1.54, 1.807) is 24.3 Å². The Balaban J connectivity index is 1.25. The molecule has 0 aromatic heterocycles. The molecule has 10 aromatic carbocycles. The summed E-state index contributed by atoms with van der Waals surface area (Å²) in [5, 5.41) is 3.59. The number of ether oxygens (including phenoxy) is 4. The number of hydrogen-bond donors (Lipinski definition) is 0. The van der Waals surface area contributed by atoms with E-state index in [0.717, 1.165) is 22.3 Å². The van der Waals surface area contributed by atoms with Crippen LogP contribution >= 0.6 is 0 Å². The maximum Gasteiger partial charge on any atom is 0.266 e. The number of amides is 4. The van der Waals surface area contributed by atoms with Gasteiger partial charge < -0.3 is 18.9 Å². The molecule has 13 rings (SSSR count). The lowest BCUT2D eigenvalue weighted by Gasteiger charge is -2.35. The zero-order valence-corrected chi connectivity index (χ0v) is 47.0. The summed E-state index contributed by atoms with van der Waals surface area (Å²) < 4.78 is 28.7. The van der Waals surface area contributed by atoms with E-state index in [1.807, 2.05) is 152 Å². The van der Waals surface area contributed by atoms with Gasteiger partial charge in [-0.05, 0) is 113 Å². The highest BCUT2D eigenvalue weighted by Crippen LogP contribution is 2.58. The number of carbonyl (C=O) groups excluding carboxylic acids is 4. The van der Waals surface area contributed by atoms with Crippen LogP contribution in [0.1, 0.15) is 149 Å². The first-order valence-electron chi connectivity index (χ1n) is 28.3. The largest absolute Gasteiger partial charge is 0.485 e. The summed E-state index contributed by atoms with van der Waals surface area (Å²) in [5.41, 5.74) is 5.45. The van der Waals surface area contributed by atoms with Crippen LogP contribution in [0.15, 0.2) is 176 Å². The topological polar surface area (TPSA) is 112 Å². The number of imide groups is 2. The Morgan fingerprint density at radius 1 is 0.366 bits per heavy atom. The third kappa shape index (κ3) is 8.29. The zero-order valence-electron chi connectivity index (χ0n) is 47.0. The maximum atomic E-state index is 16.1. The summed E-state index contributed by atoms with van der Waals surface area (Å²) >= 11 is 0.